The molecule has 0 spiro atoms. The van der Waals surface area contributed by atoms with E-state index in [2.05, 4.69) is 18.9 Å². The first kappa shape index (κ1) is 14.1. The van der Waals surface area contributed by atoms with Crippen molar-refractivity contribution in [1.82, 2.24) is 9.78 Å². The van der Waals surface area contributed by atoms with E-state index < -0.39 is 0 Å². The largest absolute Gasteiger partial charge is 0.384 e. The molecule has 0 saturated carbocycles. The van der Waals surface area contributed by atoms with E-state index in [-0.39, 0.29) is 0 Å². The maximum absolute atomic E-state index is 5.98. The summed E-state index contributed by atoms with van der Waals surface area (Å²) in [6, 6.07) is 0. The Morgan fingerprint density at radius 3 is 2.35 bits per heavy atom. The van der Waals surface area contributed by atoms with Gasteiger partial charge in [-0.3, -0.25) is 4.68 Å². The van der Waals surface area contributed by atoms with Gasteiger partial charge in [-0.2, -0.15) is 5.10 Å². The van der Waals surface area contributed by atoms with Crippen molar-refractivity contribution in [3.05, 3.63) is 11.3 Å². The zero-order chi connectivity index (χ0) is 12.7. The van der Waals surface area contributed by atoms with Gasteiger partial charge in [0, 0.05) is 12.6 Å². The normalized spacial score (nSPS) is 11.0. The second-order valence-electron chi connectivity index (χ2n) is 4.81. The number of aromatic nitrogens is 2. The van der Waals surface area contributed by atoms with Gasteiger partial charge in [0.1, 0.15) is 5.82 Å². The Morgan fingerprint density at radius 2 is 1.71 bits per heavy atom. The van der Waals surface area contributed by atoms with E-state index in [0.29, 0.717) is 0 Å². The summed E-state index contributed by atoms with van der Waals surface area (Å²) >= 11 is 0. The van der Waals surface area contributed by atoms with Crippen LogP contribution in [-0.4, -0.2) is 9.78 Å². The van der Waals surface area contributed by atoms with Crippen LogP contribution in [0.5, 0.6) is 0 Å². The lowest BCUT2D eigenvalue weighted by molar-refractivity contribution is 0.600. The average Bonchev–Trinajstić information content (AvgIpc) is 2.59. The molecule has 0 aliphatic heterocycles. The monoisotopic (exact) mass is 237 g/mol. The van der Waals surface area contributed by atoms with Gasteiger partial charge in [0.2, 0.25) is 0 Å². The number of hydrogen-bond acceptors (Lipinski definition) is 2. The Kier molecular flexibility index (Phi) is 6.09. The molecule has 0 amide bonds. The van der Waals surface area contributed by atoms with Crippen molar-refractivity contribution >= 4 is 5.82 Å². The summed E-state index contributed by atoms with van der Waals surface area (Å²) in [7, 11) is 1.93. The van der Waals surface area contributed by atoms with E-state index in [9.17, 15) is 0 Å². The van der Waals surface area contributed by atoms with Crippen molar-refractivity contribution in [3.63, 3.8) is 0 Å². The van der Waals surface area contributed by atoms with Crippen LogP contribution in [0, 0.1) is 0 Å². The zero-order valence-corrected chi connectivity index (χ0v) is 11.6. The predicted octanol–water partition coefficient (Wildman–Crippen LogP) is 3.47. The van der Waals surface area contributed by atoms with E-state index in [1.807, 2.05) is 11.7 Å². The van der Waals surface area contributed by atoms with E-state index in [0.717, 1.165) is 18.7 Å². The summed E-state index contributed by atoms with van der Waals surface area (Å²) in [5, 5.41) is 4.51. The van der Waals surface area contributed by atoms with Crippen LogP contribution >= 0.6 is 0 Å². The maximum Gasteiger partial charge on any atom is 0.124 e. The molecule has 1 rings (SSSR count). The average molecular weight is 237 g/mol. The van der Waals surface area contributed by atoms with E-state index in [4.69, 9.17) is 5.73 Å². The third-order valence-corrected chi connectivity index (χ3v) is 3.40. The molecule has 0 unspecified atom stereocenters. The van der Waals surface area contributed by atoms with Crippen LogP contribution in [0.1, 0.15) is 63.6 Å². The number of unbranched alkanes of at least 4 members (excludes halogenated alkanes) is 5. The van der Waals surface area contributed by atoms with Crippen LogP contribution in [0.25, 0.3) is 0 Å². The minimum absolute atomic E-state index is 0.841. The first-order chi connectivity index (χ1) is 8.20. The van der Waals surface area contributed by atoms with Gasteiger partial charge in [0.25, 0.3) is 0 Å². The highest BCUT2D eigenvalue weighted by atomic mass is 15.3. The molecule has 98 valence electrons. The molecule has 2 N–H and O–H groups in total. The van der Waals surface area contributed by atoms with Crippen LogP contribution in [0.3, 0.4) is 0 Å². The van der Waals surface area contributed by atoms with Gasteiger partial charge >= 0.3 is 0 Å². The lowest BCUT2D eigenvalue weighted by Crippen LogP contribution is -1.98. The third-order valence-electron chi connectivity index (χ3n) is 3.40. The molecule has 1 aromatic rings. The lowest BCUT2D eigenvalue weighted by atomic mass is 10.1. The van der Waals surface area contributed by atoms with Gasteiger partial charge in [0.05, 0.1) is 5.69 Å². The van der Waals surface area contributed by atoms with Crippen molar-refractivity contribution in [3.8, 4) is 0 Å². The fourth-order valence-electron chi connectivity index (χ4n) is 2.30. The summed E-state index contributed by atoms with van der Waals surface area (Å²) in [4.78, 5) is 0. The molecule has 0 aliphatic carbocycles. The standard InChI is InChI=1S/C14H27N3/c1-4-6-7-8-9-10-11-13-12(5-2)14(15)17(3)16-13/h4-11,15H2,1-3H3. The first-order valence-electron chi connectivity index (χ1n) is 7.00. The zero-order valence-electron chi connectivity index (χ0n) is 11.6. The number of anilines is 1. The van der Waals surface area contributed by atoms with Gasteiger partial charge < -0.3 is 5.73 Å². The summed E-state index contributed by atoms with van der Waals surface area (Å²) in [6.45, 7) is 4.41. The van der Waals surface area contributed by atoms with Gasteiger partial charge in [-0.25, -0.2) is 0 Å². The summed E-state index contributed by atoms with van der Waals surface area (Å²) in [6.07, 6.45) is 10.1. The van der Waals surface area contributed by atoms with Gasteiger partial charge in [-0.1, -0.05) is 46.0 Å². The second kappa shape index (κ2) is 7.36. The highest BCUT2D eigenvalue weighted by molar-refractivity contribution is 5.43. The molecule has 0 atom stereocenters. The van der Waals surface area contributed by atoms with Crippen molar-refractivity contribution in [2.45, 2.75) is 65.2 Å². The molecule has 0 saturated heterocycles. The predicted molar refractivity (Wildman–Crippen MR) is 74.1 cm³/mol. The number of aryl methyl sites for hydroxylation is 2. The molecule has 17 heavy (non-hydrogen) atoms. The van der Waals surface area contributed by atoms with Crippen LogP contribution in [-0.2, 0) is 19.9 Å². The van der Waals surface area contributed by atoms with Crippen LogP contribution < -0.4 is 5.73 Å². The summed E-state index contributed by atoms with van der Waals surface area (Å²) in [5.74, 6) is 0.841. The summed E-state index contributed by atoms with van der Waals surface area (Å²) in [5.41, 5.74) is 8.45. The molecule has 0 fully saturated rings. The van der Waals surface area contributed by atoms with E-state index in [1.165, 1.54) is 49.8 Å². The topological polar surface area (TPSA) is 43.8 Å². The van der Waals surface area contributed by atoms with Gasteiger partial charge in [-0.15, -0.1) is 0 Å². The highest BCUT2D eigenvalue weighted by Crippen LogP contribution is 2.19. The maximum atomic E-state index is 5.98. The highest BCUT2D eigenvalue weighted by Gasteiger charge is 2.10. The summed E-state index contributed by atoms with van der Waals surface area (Å²) < 4.78 is 1.81. The Bertz CT molecular complexity index is 328. The molecule has 3 heteroatoms. The number of nitrogens with zero attached hydrogens (tertiary/aromatic N) is 2. The smallest absolute Gasteiger partial charge is 0.124 e. The van der Waals surface area contributed by atoms with Crippen molar-refractivity contribution in [1.29, 1.82) is 0 Å². The molecule has 1 heterocycles. The molecule has 0 bridgehead atoms. The molecule has 3 nitrogen and oxygen atoms in total. The fourth-order valence-corrected chi connectivity index (χ4v) is 2.30. The number of hydrogen-bond donors (Lipinski definition) is 1. The van der Waals surface area contributed by atoms with Crippen LogP contribution in [0.2, 0.25) is 0 Å². The number of rotatable bonds is 8. The molecular formula is C14H27N3. The van der Waals surface area contributed by atoms with E-state index >= 15 is 0 Å². The lowest BCUT2D eigenvalue weighted by Gasteiger charge is -2.01. The third kappa shape index (κ3) is 4.06. The Balaban J connectivity index is 2.34. The van der Waals surface area contributed by atoms with Crippen molar-refractivity contribution < 1.29 is 0 Å². The van der Waals surface area contributed by atoms with Crippen molar-refractivity contribution in [2.24, 2.45) is 7.05 Å². The van der Waals surface area contributed by atoms with E-state index in [1.54, 1.807) is 0 Å². The quantitative estimate of drug-likeness (QED) is 0.704. The molecular weight excluding hydrogens is 210 g/mol. The van der Waals surface area contributed by atoms with Gasteiger partial charge in [-0.05, 0) is 19.3 Å². The Hall–Kier alpha value is -0.990. The molecule has 0 aromatic carbocycles. The minimum atomic E-state index is 0.841. The number of nitrogen functional groups attached to an aromatic ring is 1. The Morgan fingerprint density at radius 1 is 1.06 bits per heavy atom. The minimum Gasteiger partial charge on any atom is -0.384 e. The fraction of sp³-hybridized carbons (Fsp3) is 0.786. The SMILES string of the molecule is CCCCCCCCc1nn(C)c(N)c1CC. The van der Waals surface area contributed by atoms with Crippen LogP contribution in [0.4, 0.5) is 5.82 Å². The Labute approximate surface area is 105 Å². The molecule has 0 radical (unpaired) electrons. The molecule has 1 aromatic heterocycles. The van der Waals surface area contributed by atoms with Crippen molar-refractivity contribution in [2.75, 3.05) is 5.73 Å². The number of nitrogens with two attached hydrogens (primary N) is 1. The van der Waals surface area contributed by atoms with Gasteiger partial charge in [0.15, 0.2) is 0 Å². The second-order valence-corrected chi connectivity index (χ2v) is 4.81. The first-order valence-corrected chi connectivity index (χ1v) is 7.00. The molecule has 0 aliphatic rings. The van der Waals surface area contributed by atoms with Crippen LogP contribution in [0.15, 0.2) is 0 Å².